The lowest BCUT2D eigenvalue weighted by Gasteiger charge is -2.14. The highest BCUT2D eigenvalue weighted by Gasteiger charge is 2.11. The number of aryl methyl sites for hydroxylation is 1. The van der Waals surface area contributed by atoms with Crippen LogP contribution in [0.1, 0.15) is 22.7 Å². The molecule has 0 fully saturated rings. The molecule has 2 rings (SSSR count). The summed E-state index contributed by atoms with van der Waals surface area (Å²) >= 11 is 12.1. The Morgan fingerprint density at radius 2 is 1.72 bits per heavy atom. The van der Waals surface area contributed by atoms with Crippen molar-refractivity contribution < 1.29 is 0 Å². The van der Waals surface area contributed by atoms with Gasteiger partial charge in [-0.1, -0.05) is 53.0 Å². The molecule has 0 heterocycles. The van der Waals surface area contributed by atoms with E-state index in [-0.39, 0.29) is 6.04 Å². The van der Waals surface area contributed by atoms with Crippen molar-refractivity contribution in [3.05, 3.63) is 69.2 Å². The fraction of sp³-hybridized carbons (Fsp3) is 0.200. The molecule has 0 aliphatic carbocycles. The maximum atomic E-state index is 6.19. The summed E-state index contributed by atoms with van der Waals surface area (Å²) in [6, 6.07) is 13.6. The van der Waals surface area contributed by atoms with E-state index in [2.05, 4.69) is 31.2 Å². The molecule has 3 heteroatoms. The standard InChI is InChI=1S/C15H15Cl2N/c1-10-2-4-11(5-3-10)8-15(18)13-9-12(16)6-7-14(13)17/h2-7,9,15H,8,18H2,1H3. The summed E-state index contributed by atoms with van der Waals surface area (Å²) in [5.41, 5.74) is 9.53. The lowest BCUT2D eigenvalue weighted by atomic mass is 9.99. The summed E-state index contributed by atoms with van der Waals surface area (Å²) in [7, 11) is 0. The normalized spacial score (nSPS) is 12.4. The average molecular weight is 280 g/mol. The number of benzene rings is 2. The van der Waals surface area contributed by atoms with Crippen LogP contribution in [0.2, 0.25) is 10.0 Å². The lowest BCUT2D eigenvalue weighted by Crippen LogP contribution is -2.13. The van der Waals surface area contributed by atoms with E-state index in [9.17, 15) is 0 Å². The van der Waals surface area contributed by atoms with Crippen molar-refractivity contribution in [2.45, 2.75) is 19.4 Å². The Morgan fingerprint density at radius 3 is 2.39 bits per heavy atom. The average Bonchev–Trinajstić information content (AvgIpc) is 2.35. The Hall–Kier alpha value is -1.02. The molecule has 0 saturated carbocycles. The molecule has 0 radical (unpaired) electrons. The molecule has 0 aliphatic rings. The summed E-state index contributed by atoms with van der Waals surface area (Å²) < 4.78 is 0. The Kier molecular flexibility index (Phi) is 4.28. The quantitative estimate of drug-likeness (QED) is 0.877. The number of halogens is 2. The van der Waals surface area contributed by atoms with E-state index in [1.165, 1.54) is 11.1 Å². The van der Waals surface area contributed by atoms with Crippen molar-refractivity contribution in [2.24, 2.45) is 5.73 Å². The minimum atomic E-state index is -0.140. The highest BCUT2D eigenvalue weighted by atomic mass is 35.5. The summed E-state index contributed by atoms with van der Waals surface area (Å²) in [6.45, 7) is 2.07. The van der Waals surface area contributed by atoms with E-state index in [1.54, 1.807) is 12.1 Å². The zero-order valence-corrected chi connectivity index (χ0v) is 11.7. The molecule has 1 unspecified atom stereocenters. The van der Waals surface area contributed by atoms with Crippen LogP contribution >= 0.6 is 23.2 Å². The third kappa shape index (κ3) is 3.26. The SMILES string of the molecule is Cc1ccc(CC(N)c2cc(Cl)ccc2Cl)cc1. The van der Waals surface area contributed by atoms with Crippen molar-refractivity contribution in [3.8, 4) is 0 Å². The molecule has 0 saturated heterocycles. The lowest BCUT2D eigenvalue weighted by molar-refractivity contribution is 0.722. The molecule has 1 atom stereocenters. The molecule has 0 aliphatic heterocycles. The second kappa shape index (κ2) is 5.75. The van der Waals surface area contributed by atoms with E-state index in [1.807, 2.05) is 6.07 Å². The van der Waals surface area contributed by atoms with Gasteiger partial charge < -0.3 is 5.73 Å². The Labute approximate surface area is 118 Å². The van der Waals surface area contributed by atoms with Gasteiger partial charge in [0.25, 0.3) is 0 Å². The molecular formula is C15H15Cl2N. The van der Waals surface area contributed by atoms with Crippen molar-refractivity contribution in [1.29, 1.82) is 0 Å². The van der Waals surface area contributed by atoms with Crippen LogP contribution in [0.3, 0.4) is 0 Å². The van der Waals surface area contributed by atoms with Crippen molar-refractivity contribution in [1.82, 2.24) is 0 Å². The molecular weight excluding hydrogens is 265 g/mol. The monoisotopic (exact) mass is 279 g/mol. The maximum Gasteiger partial charge on any atom is 0.0454 e. The molecule has 0 spiro atoms. The second-order valence-corrected chi connectivity index (χ2v) is 5.31. The van der Waals surface area contributed by atoms with Crippen LogP contribution in [0.25, 0.3) is 0 Å². The van der Waals surface area contributed by atoms with Crippen LogP contribution in [0.4, 0.5) is 0 Å². The summed E-state index contributed by atoms with van der Waals surface area (Å²) in [5.74, 6) is 0. The van der Waals surface area contributed by atoms with Crippen LogP contribution in [0.15, 0.2) is 42.5 Å². The molecule has 0 bridgehead atoms. The van der Waals surface area contributed by atoms with Gasteiger partial charge in [0.2, 0.25) is 0 Å². The van der Waals surface area contributed by atoms with E-state index in [4.69, 9.17) is 28.9 Å². The zero-order valence-electron chi connectivity index (χ0n) is 10.2. The predicted octanol–water partition coefficient (Wildman–Crippen LogP) is 4.54. The number of hydrogen-bond donors (Lipinski definition) is 1. The number of hydrogen-bond acceptors (Lipinski definition) is 1. The van der Waals surface area contributed by atoms with Crippen LogP contribution in [0.5, 0.6) is 0 Å². The highest BCUT2D eigenvalue weighted by Crippen LogP contribution is 2.27. The molecule has 2 aromatic rings. The van der Waals surface area contributed by atoms with Crippen molar-refractivity contribution in [2.75, 3.05) is 0 Å². The molecule has 94 valence electrons. The van der Waals surface area contributed by atoms with Crippen LogP contribution < -0.4 is 5.73 Å². The first-order chi connectivity index (χ1) is 8.56. The van der Waals surface area contributed by atoms with Gasteiger partial charge in [0.15, 0.2) is 0 Å². The van der Waals surface area contributed by atoms with Gasteiger partial charge in [-0.25, -0.2) is 0 Å². The van der Waals surface area contributed by atoms with E-state index in [0.29, 0.717) is 10.0 Å². The number of rotatable bonds is 3. The van der Waals surface area contributed by atoms with Crippen molar-refractivity contribution >= 4 is 23.2 Å². The minimum Gasteiger partial charge on any atom is -0.324 e. The van der Waals surface area contributed by atoms with Gasteiger partial charge in [0.1, 0.15) is 0 Å². The maximum absolute atomic E-state index is 6.19. The zero-order chi connectivity index (χ0) is 13.1. The topological polar surface area (TPSA) is 26.0 Å². The van der Waals surface area contributed by atoms with Crippen molar-refractivity contribution in [3.63, 3.8) is 0 Å². The van der Waals surface area contributed by atoms with Gasteiger partial charge >= 0.3 is 0 Å². The van der Waals surface area contributed by atoms with Crippen LogP contribution in [-0.4, -0.2) is 0 Å². The third-order valence-electron chi connectivity index (χ3n) is 2.93. The summed E-state index contributed by atoms with van der Waals surface area (Å²) in [4.78, 5) is 0. The molecule has 18 heavy (non-hydrogen) atoms. The first-order valence-corrected chi connectivity index (χ1v) is 6.58. The van der Waals surface area contributed by atoms with E-state index < -0.39 is 0 Å². The van der Waals surface area contributed by atoms with Gasteiger partial charge in [-0.15, -0.1) is 0 Å². The Morgan fingerprint density at radius 1 is 1.06 bits per heavy atom. The molecule has 1 nitrogen and oxygen atoms in total. The van der Waals surface area contributed by atoms with Gasteiger partial charge in [-0.2, -0.15) is 0 Å². The van der Waals surface area contributed by atoms with E-state index >= 15 is 0 Å². The fourth-order valence-corrected chi connectivity index (χ4v) is 2.33. The van der Waals surface area contributed by atoms with Gasteiger partial charge in [-0.05, 0) is 42.7 Å². The first kappa shape index (κ1) is 13.4. The summed E-state index contributed by atoms with van der Waals surface area (Å²) in [5, 5.41) is 1.33. The van der Waals surface area contributed by atoms with E-state index in [0.717, 1.165) is 12.0 Å². The largest absolute Gasteiger partial charge is 0.324 e. The first-order valence-electron chi connectivity index (χ1n) is 5.82. The highest BCUT2D eigenvalue weighted by molar-refractivity contribution is 6.33. The molecule has 2 aromatic carbocycles. The predicted molar refractivity (Wildman–Crippen MR) is 78.3 cm³/mol. The van der Waals surface area contributed by atoms with Crippen LogP contribution in [-0.2, 0) is 6.42 Å². The number of nitrogens with two attached hydrogens (primary N) is 1. The molecule has 2 N–H and O–H groups in total. The minimum absolute atomic E-state index is 0.140. The Bertz CT molecular complexity index is 535. The van der Waals surface area contributed by atoms with Gasteiger partial charge in [0.05, 0.1) is 0 Å². The van der Waals surface area contributed by atoms with Gasteiger partial charge in [-0.3, -0.25) is 0 Å². The van der Waals surface area contributed by atoms with Gasteiger partial charge in [0, 0.05) is 16.1 Å². The molecule has 0 amide bonds. The Balaban J connectivity index is 2.18. The fourth-order valence-electron chi connectivity index (χ4n) is 1.89. The van der Waals surface area contributed by atoms with Crippen LogP contribution in [0, 0.1) is 6.92 Å². The molecule has 0 aromatic heterocycles. The third-order valence-corrected chi connectivity index (χ3v) is 3.51. The smallest absolute Gasteiger partial charge is 0.0454 e. The summed E-state index contributed by atoms with van der Waals surface area (Å²) in [6.07, 6.45) is 0.750. The second-order valence-electron chi connectivity index (χ2n) is 4.46.